The summed E-state index contributed by atoms with van der Waals surface area (Å²) < 4.78 is 6.63. The van der Waals surface area contributed by atoms with E-state index >= 15 is 0 Å². The predicted molar refractivity (Wildman–Crippen MR) is 68.4 cm³/mol. The van der Waals surface area contributed by atoms with Gasteiger partial charge in [-0.05, 0) is 17.7 Å². The Morgan fingerprint density at radius 3 is 3.00 bits per heavy atom. The highest BCUT2D eigenvalue weighted by Gasteiger charge is 2.08. The molecule has 0 aliphatic rings. The molecule has 1 unspecified atom stereocenters. The predicted octanol–water partition coefficient (Wildman–Crippen LogP) is 0.952. The highest BCUT2D eigenvalue weighted by molar-refractivity contribution is 5.30. The van der Waals surface area contributed by atoms with E-state index in [1.54, 1.807) is 7.11 Å². The summed E-state index contributed by atoms with van der Waals surface area (Å²) in [7, 11) is 1.61. The molecule has 0 saturated carbocycles. The first-order chi connectivity index (χ1) is 8.70. The Kier molecular flexibility index (Phi) is 3.74. The van der Waals surface area contributed by atoms with Gasteiger partial charge in [-0.15, -0.1) is 0 Å². The Morgan fingerprint density at radius 1 is 1.44 bits per heavy atom. The third kappa shape index (κ3) is 2.75. The maximum absolute atomic E-state index is 11.6. The molecule has 0 bridgehead atoms. The van der Waals surface area contributed by atoms with Crippen molar-refractivity contribution in [3.05, 3.63) is 58.8 Å². The van der Waals surface area contributed by atoms with E-state index in [0.29, 0.717) is 6.54 Å². The minimum absolute atomic E-state index is 0.108. The van der Waals surface area contributed by atoms with Gasteiger partial charge in [0.2, 0.25) is 0 Å². The van der Waals surface area contributed by atoms with Crippen LogP contribution in [0.5, 0.6) is 5.75 Å². The first-order valence-corrected chi connectivity index (χ1v) is 5.60. The van der Waals surface area contributed by atoms with Crippen LogP contribution < -0.4 is 16.0 Å². The first-order valence-electron chi connectivity index (χ1n) is 5.60. The topological polar surface area (TPSA) is 70.1 Å². The van der Waals surface area contributed by atoms with E-state index in [1.807, 2.05) is 24.3 Å². The van der Waals surface area contributed by atoms with E-state index < -0.39 is 0 Å². The van der Waals surface area contributed by atoms with Crippen molar-refractivity contribution in [3.8, 4) is 5.75 Å². The summed E-state index contributed by atoms with van der Waals surface area (Å²) in [6.07, 6.45) is 2.96. The van der Waals surface area contributed by atoms with Gasteiger partial charge in [-0.25, -0.2) is 4.98 Å². The fourth-order valence-corrected chi connectivity index (χ4v) is 1.70. The van der Waals surface area contributed by atoms with Crippen LogP contribution in [-0.2, 0) is 6.54 Å². The number of nitrogens with zero attached hydrogens (tertiary/aromatic N) is 2. The van der Waals surface area contributed by atoms with Crippen LogP contribution in [0.4, 0.5) is 0 Å². The van der Waals surface area contributed by atoms with Gasteiger partial charge in [0.15, 0.2) is 0 Å². The summed E-state index contributed by atoms with van der Waals surface area (Å²) in [6.45, 7) is 0.389. The zero-order valence-electron chi connectivity index (χ0n) is 10.1. The molecule has 0 fully saturated rings. The van der Waals surface area contributed by atoms with Crippen molar-refractivity contribution in [1.29, 1.82) is 0 Å². The molecule has 2 aromatic rings. The summed E-state index contributed by atoms with van der Waals surface area (Å²) in [6, 6.07) is 8.65. The minimum Gasteiger partial charge on any atom is -0.497 e. The SMILES string of the molecule is COc1cccc(C(N)Cn2cnccc2=O)c1. The normalized spacial score (nSPS) is 12.1. The van der Waals surface area contributed by atoms with Gasteiger partial charge in [0.25, 0.3) is 5.56 Å². The second kappa shape index (κ2) is 5.46. The molecule has 2 N–H and O–H groups in total. The molecule has 5 nitrogen and oxygen atoms in total. The van der Waals surface area contributed by atoms with Crippen molar-refractivity contribution < 1.29 is 4.74 Å². The van der Waals surface area contributed by atoms with E-state index in [9.17, 15) is 4.79 Å². The molecule has 0 saturated heterocycles. The van der Waals surface area contributed by atoms with Gasteiger partial charge in [-0.2, -0.15) is 0 Å². The summed E-state index contributed by atoms with van der Waals surface area (Å²) in [5.41, 5.74) is 6.89. The zero-order valence-corrected chi connectivity index (χ0v) is 10.1. The van der Waals surface area contributed by atoms with Gasteiger partial charge in [-0.3, -0.25) is 9.36 Å². The van der Waals surface area contributed by atoms with Gasteiger partial charge in [0, 0.05) is 24.8 Å². The van der Waals surface area contributed by atoms with Crippen molar-refractivity contribution in [2.75, 3.05) is 7.11 Å². The van der Waals surface area contributed by atoms with Crippen LogP contribution in [0.25, 0.3) is 0 Å². The van der Waals surface area contributed by atoms with Crippen molar-refractivity contribution in [2.24, 2.45) is 5.73 Å². The molecule has 94 valence electrons. The van der Waals surface area contributed by atoms with Crippen molar-refractivity contribution in [1.82, 2.24) is 9.55 Å². The highest BCUT2D eigenvalue weighted by atomic mass is 16.5. The Balaban J connectivity index is 2.19. The molecule has 1 aromatic carbocycles. The number of ether oxygens (including phenoxy) is 1. The summed E-state index contributed by atoms with van der Waals surface area (Å²) in [4.78, 5) is 15.5. The Morgan fingerprint density at radius 2 is 2.28 bits per heavy atom. The minimum atomic E-state index is -0.276. The molecule has 1 heterocycles. The zero-order chi connectivity index (χ0) is 13.0. The average Bonchev–Trinajstić information content (AvgIpc) is 2.41. The first kappa shape index (κ1) is 12.3. The molecule has 1 atom stereocenters. The van der Waals surface area contributed by atoms with Gasteiger partial charge in [0.1, 0.15) is 5.75 Å². The van der Waals surface area contributed by atoms with E-state index in [-0.39, 0.29) is 11.6 Å². The number of nitrogens with two attached hydrogens (primary N) is 1. The summed E-state index contributed by atoms with van der Waals surface area (Å²) in [5, 5.41) is 0. The molecule has 0 aliphatic heterocycles. The maximum atomic E-state index is 11.6. The molecule has 0 radical (unpaired) electrons. The van der Waals surface area contributed by atoms with Gasteiger partial charge in [-0.1, -0.05) is 12.1 Å². The Labute approximate surface area is 105 Å². The number of hydrogen-bond acceptors (Lipinski definition) is 4. The molecule has 0 aliphatic carbocycles. The second-order valence-electron chi connectivity index (χ2n) is 3.95. The van der Waals surface area contributed by atoms with E-state index in [1.165, 1.54) is 23.2 Å². The van der Waals surface area contributed by atoms with E-state index in [0.717, 1.165) is 11.3 Å². The molecule has 18 heavy (non-hydrogen) atoms. The van der Waals surface area contributed by atoms with Crippen molar-refractivity contribution in [2.45, 2.75) is 12.6 Å². The molecule has 0 amide bonds. The lowest BCUT2D eigenvalue weighted by atomic mass is 10.1. The summed E-state index contributed by atoms with van der Waals surface area (Å²) >= 11 is 0. The lowest BCUT2D eigenvalue weighted by Crippen LogP contribution is -2.26. The van der Waals surface area contributed by atoms with Crippen molar-refractivity contribution in [3.63, 3.8) is 0 Å². The second-order valence-corrected chi connectivity index (χ2v) is 3.95. The van der Waals surface area contributed by atoms with E-state index in [2.05, 4.69) is 4.98 Å². The molecular formula is C13H15N3O2. The fraction of sp³-hybridized carbons (Fsp3) is 0.231. The number of rotatable bonds is 4. The number of hydrogen-bond donors (Lipinski definition) is 1. The largest absolute Gasteiger partial charge is 0.497 e. The average molecular weight is 245 g/mol. The number of aromatic nitrogens is 2. The standard InChI is InChI=1S/C13H15N3O2/c1-18-11-4-2-3-10(7-11)12(14)8-16-9-15-6-5-13(16)17/h2-7,9,12H,8,14H2,1H3. The van der Waals surface area contributed by atoms with Crippen LogP contribution in [0.1, 0.15) is 11.6 Å². The maximum Gasteiger partial charge on any atom is 0.253 e. The van der Waals surface area contributed by atoms with Crippen LogP contribution in [0, 0.1) is 0 Å². The van der Waals surface area contributed by atoms with Crippen LogP contribution in [0.3, 0.4) is 0 Å². The van der Waals surface area contributed by atoms with Crippen LogP contribution >= 0.6 is 0 Å². The molecule has 5 heteroatoms. The summed E-state index contributed by atoms with van der Waals surface area (Å²) in [5.74, 6) is 0.751. The van der Waals surface area contributed by atoms with Crippen LogP contribution in [0.15, 0.2) is 47.7 Å². The smallest absolute Gasteiger partial charge is 0.253 e. The lowest BCUT2D eigenvalue weighted by Gasteiger charge is -2.14. The van der Waals surface area contributed by atoms with Crippen LogP contribution in [0.2, 0.25) is 0 Å². The third-order valence-electron chi connectivity index (χ3n) is 2.71. The quantitative estimate of drug-likeness (QED) is 0.870. The Hall–Kier alpha value is -2.14. The van der Waals surface area contributed by atoms with Gasteiger partial charge in [0.05, 0.1) is 13.4 Å². The molecule has 1 aromatic heterocycles. The lowest BCUT2D eigenvalue weighted by molar-refractivity contribution is 0.413. The number of benzene rings is 1. The molecular weight excluding hydrogens is 230 g/mol. The molecule has 2 rings (SSSR count). The van der Waals surface area contributed by atoms with Crippen LogP contribution in [-0.4, -0.2) is 16.7 Å². The van der Waals surface area contributed by atoms with E-state index in [4.69, 9.17) is 10.5 Å². The fourth-order valence-electron chi connectivity index (χ4n) is 1.70. The third-order valence-corrected chi connectivity index (χ3v) is 2.71. The molecule has 0 spiro atoms. The van der Waals surface area contributed by atoms with Gasteiger partial charge >= 0.3 is 0 Å². The van der Waals surface area contributed by atoms with Gasteiger partial charge < -0.3 is 10.5 Å². The number of methoxy groups -OCH3 is 1. The highest BCUT2D eigenvalue weighted by Crippen LogP contribution is 2.18. The Bertz CT molecular complexity index is 580. The van der Waals surface area contributed by atoms with Crippen molar-refractivity contribution >= 4 is 0 Å². The monoisotopic (exact) mass is 245 g/mol.